The molecule has 0 radical (unpaired) electrons. The lowest BCUT2D eigenvalue weighted by Gasteiger charge is -2.10. The normalized spacial score (nSPS) is 10.2. The Morgan fingerprint density at radius 1 is 1.17 bits per heavy atom. The van der Waals surface area contributed by atoms with E-state index in [0.29, 0.717) is 10.7 Å². The van der Waals surface area contributed by atoms with Crippen molar-refractivity contribution in [1.82, 2.24) is 0 Å². The summed E-state index contributed by atoms with van der Waals surface area (Å²) in [5, 5.41) is 3.14. The van der Waals surface area contributed by atoms with Gasteiger partial charge in [-0.25, -0.2) is 4.79 Å². The Kier molecular flexibility index (Phi) is 6.50. The van der Waals surface area contributed by atoms with Crippen LogP contribution in [0.1, 0.15) is 15.9 Å². The minimum Gasteiger partial charge on any atom is -0.465 e. The second-order valence-electron chi connectivity index (χ2n) is 4.71. The number of thioether (sulfide) groups is 1. The van der Waals surface area contributed by atoms with E-state index in [0.717, 1.165) is 11.3 Å². The summed E-state index contributed by atoms with van der Waals surface area (Å²) in [4.78, 5) is 23.8. The number of esters is 1. The Bertz CT molecular complexity index is 691. The predicted molar refractivity (Wildman–Crippen MR) is 94.0 cm³/mol. The zero-order chi connectivity index (χ0) is 16.7. The molecule has 2 rings (SSSR count). The van der Waals surface area contributed by atoms with Crippen molar-refractivity contribution in [2.45, 2.75) is 5.75 Å². The maximum Gasteiger partial charge on any atom is 0.339 e. The SMILES string of the molecule is COC(=O)c1ccc(Cl)cc1NC(=O)CSCc1ccccc1. The summed E-state index contributed by atoms with van der Waals surface area (Å²) in [6, 6.07) is 14.5. The molecule has 0 aromatic heterocycles. The minimum atomic E-state index is -0.520. The molecule has 2 aromatic rings. The Morgan fingerprint density at radius 3 is 2.61 bits per heavy atom. The van der Waals surface area contributed by atoms with Gasteiger partial charge in [0.05, 0.1) is 24.1 Å². The van der Waals surface area contributed by atoms with E-state index in [1.54, 1.807) is 6.07 Å². The van der Waals surface area contributed by atoms with Crippen LogP contribution in [-0.2, 0) is 15.3 Å². The third kappa shape index (κ3) is 5.30. The first kappa shape index (κ1) is 17.4. The molecule has 0 saturated heterocycles. The molecule has 0 aliphatic rings. The molecule has 0 aliphatic heterocycles. The summed E-state index contributed by atoms with van der Waals surface area (Å²) in [7, 11) is 1.29. The molecule has 23 heavy (non-hydrogen) atoms. The zero-order valence-corrected chi connectivity index (χ0v) is 14.1. The topological polar surface area (TPSA) is 55.4 Å². The average Bonchev–Trinajstić information content (AvgIpc) is 2.55. The van der Waals surface area contributed by atoms with Crippen LogP contribution >= 0.6 is 23.4 Å². The van der Waals surface area contributed by atoms with Crippen LogP contribution < -0.4 is 5.32 Å². The van der Waals surface area contributed by atoms with Crippen molar-refractivity contribution in [2.75, 3.05) is 18.2 Å². The van der Waals surface area contributed by atoms with Gasteiger partial charge in [0.2, 0.25) is 5.91 Å². The van der Waals surface area contributed by atoms with E-state index in [-0.39, 0.29) is 17.2 Å². The Hall–Kier alpha value is -1.98. The fourth-order valence-electron chi connectivity index (χ4n) is 1.93. The maximum absolute atomic E-state index is 12.0. The number of benzene rings is 2. The number of halogens is 1. The highest BCUT2D eigenvalue weighted by Crippen LogP contribution is 2.22. The van der Waals surface area contributed by atoms with E-state index in [1.165, 1.54) is 31.0 Å². The number of carbonyl (C=O) groups excluding carboxylic acids is 2. The molecule has 0 atom stereocenters. The number of anilines is 1. The minimum absolute atomic E-state index is 0.196. The fourth-order valence-corrected chi connectivity index (χ4v) is 2.89. The van der Waals surface area contributed by atoms with Crippen LogP contribution in [0.15, 0.2) is 48.5 Å². The summed E-state index contributed by atoms with van der Waals surface area (Å²) in [6.45, 7) is 0. The molecule has 0 saturated carbocycles. The Balaban J connectivity index is 1.94. The molecule has 0 spiro atoms. The first-order valence-corrected chi connectivity index (χ1v) is 8.43. The van der Waals surface area contributed by atoms with Gasteiger partial charge in [-0.2, -0.15) is 0 Å². The summed E-state index contributed by atoms with van der Waals surface area (Å²) in [6.07, 6.45) is 0. The highest BCUT2D eigenvalue weighted by atomic mass is 35.5. The Morgan fingerprint density at radius 2 is 1.91 bits per heavy atom. The maximum atomic E-state index is 12.0. The Labute approximate surface area is 144 Å². The molecule has 0 heterocycles. The van der Waals surface area contributed by atoms with Crippen LogP contribution in [0.25, 0.3) is 0 Å². The zero-order valence-electron chi connectivity index (χ0n) is 12.5. The highest BCUT2D eigenvalue weighted by Gasteiger charge is 2.14. The van der Waals surface area contributed by atoms with Gasteiger partial charge in [-0.1, -0.05) is 41.9 Å². The van der Waals surface area contributed by atoms with Gasteiger partial charge >= 0.3 is 5.97 Å². The fraction of sp³-hybridized carbons (Fsp3) is 0.176. The lowest BCUT2D eigenvalue weighted by Crippen LogP contribution is -2.17. The monoisotopic (exact) mass is 349 g/mol. The van der Waals surface area contributed by atoms with E-state index in [4.69, 9.17) is 16.3 Å². The number of amides is 1. The number of nitrogens with one attached hydrogen (secondary N) is 1. The molecular weight excluding hydrogens is 334 g/mol. The first-order valence-electron chi connectivity index (χ1n) is 6.89. The van der Waals surface area contributed by atoms with Gasteiger partial charge < -0.3 is 10.1 Å². The molecule has 1 amide bonds. The van der Waals surface area contributed by atoms with Crippen molar-refractivity contribution in [3.8, 4) is 0 Å². The van der Waals surface area contributed by atoms with Gasteiger partial charge in [0.1, 0.15) is 0 Å². The molecule has 0 fully saturated rings. The van der Waals surface area contributed by atoms with Gasteiger partial charge in [0, 0.05) is 10.8 Å². The van der Waals surface area contributed by atoms with Crippen molar-refractivity contribution >= 4 is 40.9 Å². The number of hydrogen-bond donors (Lipinski definition) is 1. The van der Waals surface area contributed by atoms with Crippen molar-refractivity contribution in [2.24, 2.45) is 0 Å². The van der Waals surface area contributed by atoms with Gasteiger partial charge in [0.15, 0.2) is 0 Å². The molecule has 0 unspecified atom stereocenters. The number of hydrogen-bond acceptors (Lipinski definition) is 4. The predicted octanol–water partition coefficient (Wildman–Crippen LogP) is 4.00. The van der Waals surface area contributed by atoms with Crippen LogP contribution in [0.3, 0.4) is 0 Å². The molecule has 0 bridgehead atoms. The van der Waals surface area contributed by atoms with E-state index in [1.807, 2.05) is 30.3 Å². The average molecular weight is 350 g/mol. The molecular formula is C17H16ClNO3S. The number of methoxy groups -OCH3 is 1. The van der Waals surface area contributed by atoms with E-state index >= 15 is 0 Å². The van der Waals surface area contributed by atoms with Crippen molar-refractivity contribution in [3.63, 3.8) is 0 Å². The number of ether oxygens (including phenoxy) is 1. The third-order valence-electron chi connectivity index (χ3n) is 3.01. The second-order valence-corrected chi connectivity index (χ2v) is 6.13. The molecule has 4 nitrogen and oxygen atoms in total. The second kappa shape index (κ2) is 8.60. The van der Waals surface area contributed by atoms with Crippen LogP contribution in [0, 0.1) is 0 Å². The van der Waals surface area contributed by atoms with Crippen molar-refractivity contribution < 1.29 is 14.3 Å². The smallest absolute Gasteiger partial charge is 0.339 e. The summed E-state index contributed by atoms with van der Waals surface area (Å²) >= 11 is 7.42. The molecule has 1 N–H and O–H groups in total. The molecule has 0 aliphatic carbocycles. The quantitative estimate of drug-likeness (QED) is 0.801. The molecule has 120 valence electrons. The standard InChI is InChI=1S/C17H16ClNO3S/c1-22-17(21)14-8-7-13(18)9-15(14)19-16(20)11-23-10-12-5-3-2-4-6-12/h2-9H,10-11H2,1H3,(H,19,20). The van der Waals surface area contributed by atoms with E-state index in [2.05, 4.69) is 5.32 Å². The lowest BCUT2D eigenvalue weighted by atomic mass is 10.2. The van der Waals surface area contributed by atoms with Gasteiger partial charge in [-0.15, -0.1) is 11.8 Å². The van der Waals surface area contributed by atoms with Crippen LogP contribution in [-0.4, -0.2) is 24.7 Å². The summed E-state index contributed by atoms with van der Waals surface area (Å²) in [5.41, 5.74) is 1.79. The van der Waals surface area contributed by atoms with Gasteiger partial charge in [0.25, 0.3) is 0 Å². The van der Waals surface area contributed by atoms with Gasteiger partial charge in [-0.05, 0) is 23.8 Å². The highest BCUT2D eigenvalue weighted by molar-refractivity contribution is 7.99. The van der Waals surface area contributed by atoms with E-state index < -0.39 is 5.97 Å². The summed E-state index contributed by atoms with van der Waals surface area (Å²) < 4.78 is 4.70. The first-order chi connectivity index (χ1) is 11.1. The van der Waals surface area contributed by atoms with Crippen LogP contribution in [0.5, 0.6) is 0 Å². The van der Waals surface area contributed by atoms with Crippen molar-refractivity contribution in [1.29, 1.82) is 0 Å². The summed E-state index contributed by atoms with van der Waals surface area (Å²) in [5.74, 6) is 0.308. The van der Waals surface area contributed by atoms with Gasteiger partial charge in [-0.3, -0.25) is 4.79 Å². The number of carbonyl (C=O) groups is 2. The van der Waals surface area contributed by atoms with Crippen LogP contribution in [0.2, 0.25) is 5.02 Å². The largest absolute Gasteiger partial charge is 0.465 e. The number of rotatable bonds is 6. The molecule has 6 heteroatoms. The van der Waals surface area contributed by atoms with Crippen molar-refractivity contribution in [3.05, 3.63) is 64.7 Å². The third-order valence-corrected chi connectivity index (χ3v) is 4.24. The molecule has 2 aromatic carbocycles. The van der Waals surface area contributed by atoms with Crippen LogP contribution in [0.4, 0.5) is 5.69 Å². The van der Waals surface area contributed by atoms with E-state index in [9.17, 15) is 9.59 Å². The lowest BCUT2D eigenvalue weighted by molar-refractivity contribution is -0.113.